The van der Waals surface area contributed by atoms with E-state index < -0.39 is 5.92 Å². The topological polar surface area (TPSA) is 71.5 Å². The number of hydrogen-bond donors (Lipinski definition) is 1. The van der Waals surface area contributed by atoms with E-state index in [-0.39, 0.29) is 11.8 Å². The molecule has 2 aliphatic heterocycles. The number of nitrogens with one attached hydrogen (secondary N) is 1. The van der Waals surface area contributed by atoms with Gasteiger partial charge in [-0.05, 0) is 47.5 Å². The van der Waals surface area contributed by atoms with Crippen molar-refractivity contribution in [3.8, 4) is 17.0 Å². The van der Waals surface area contributed by atoms with Crippen molar-refractivity contribution in [2.45, 2.75) is 12.3 Å². The Morgan fingerprint density at radius 1 is 1.13 bits per heavy atom. The molecule has 3 heterocycles. The monoisotopic (exact) mass is 399 g/mol. The molecule has 0 bridgehead atoms. The summed E-state index contributed by atoms with van der Waals surface area (Å²) >= 11 is 0. The number of hydrogen-bond acceptors (Lipinski definition) is 4. The van der Waals surface area contributed by atoms with Crippen LogP contribution < -0.4 is 10.1 Å². The first-order valence-electron chi connectivity index (χ1n) is 9.98. The van der Waals surface area contributed by atoms with Crippen molar-refractivity contribution in [1.29, 1.82) is 0 Å². The Bertz CT molecular complexity index is 1160. The lowest BCUT2D eigenvalue weighted by molar-refractivity contribution is -0.118. The van der Waals surface area contributed by atoms with Crippen molar-refractivity contribution in [3.05, 3.63) is 77.4 Å². The van der Waals surface area contributed by atoms with Crippen LogP contribution in [0.2, 0.25) is 0 Å². The van der Waals surface area contributed by atoms with Crippen molar-refractivity contribution < 1.29 is 14.3 Å². The molecule has 1 aromatic heterocycles. The average molecular weight is 399 g/mol. The van der Waals surface area contributed by atoms with Crippen LogP contribution in [0.15, 0.2) is 60.7 Å². The second kappa shape index (κ2) is 7.30. The predicted molar refractivity (Wildman–Crippen MR) is 114 cm³/mol. The van der Waals surface area contributed by atoms with Gasteiger partial charge in [-0.2, -0.15) is 0 Å². The Morgan fingerprint density at radius 3 is 2.90 bits per heavy atom. The van der Waals surface area contributed by atoms with Gasteiger partial charge in [-0.15, -0.1) is 0 Å². The summed E-state index contributed by atoms with van der Waals surface area (Å²) < 4.78 is 5.57. The van der Waals surface area contributed by atoms with Gasteiger partial charge < -0.3 is 15.0 Å². The number of benzene rings is 2. The standard InChI is InChI=1S/C24H21N3O3/c1-27-14-19(17-5-2-3-6-18(17)24(27)29)23(28)26-22-8-4-7-20(25-22)15-9-10-21-16(13-15)11-12-30-21/h2-10,13,19H,11-12,14H2,1H3,(H,25,26,28). The average Bonchev–Trinajstić information content (AvgIpc) is 3.24. The van der Waals surface area contributed by atoms with Crippen LogP contribution >= 0.6 is 0 Å². The summed E-state index contributed by atoms with van der Waals surface area (Å²) in [5, 5.41) is 2.94. The molecule has 6 nitrogen and oxygen atoms in total. The third kappa shape index (κ3) is 3.20. The van der Waals surface area contributed by atoms with E-state index in [9.17, 15) is 9.59 Å². The van der Waals surface area contributed by atoms with E-state index in [1.807, 2.05) is 42.5 Å². The highest BCUT2D eigenvalue weighted by molar-refractivity contribution is 6.03. The number of pyridine rings is 1. The summed E-state index contributed by atoms with van der Waals surface area (Å²) in [5.41, 5.74) is 4.29. The quantitative estimate of drug-likeness (QED) is 0.732. The van der Waals surface area contributed by atoms with Crippen LogP contribution in [-0.2, 0) is 11.2 Å². The zero-order valence-corrected chi connectivity index (χ0v) is 16.6. The van der Waals surface area contributed by atoms with Crippen LogP contribution in [0.4, 0.5) is 5.82 Å². The van der Waals surface area contributed by atoms with E-state index in [1.165, 1.54) is 5.56 Å². The van der Waals surface area contributed by atoms with Crippen molar-refractivity contribution in [2.75, 3.05) is 25.5 Å². The summed E-state index contributed by atoms with van der Waals surface area (Å²) in [6.45, 7) is 1.05. The van der Waals surface area contributed by atoms with E-state index in [0.717, 1.165) is 29.0 Å². The molecule has 2 aromatic carbocycles. The zero-order chi connectivity index (χ0) is 20.7. The van der Waals surface area contributed by atoms with E-state index in [2.05, 4.69) is 16.4 Å². The first-order valence-corrected chi connectivity index (χ1v) is 9.98. The highest BCUT2D eigenvalue weighted by atomic mass is 16.5. The fourth-order valence-electron chi connectivity index (χ4n) is 4.10. The summed E-state index contributed by atoms with van der Waals surface area (Å²) in [5.74, 6) is 0.750. The molecular formula is C24H21N3O3. The highest BCUT2D eigenvalue weighted by Gasteiger charge is 2.33. The Labute approximate surface area is 174 Å². The lowest BCUT2D eigenvalue weighted by Gasteiger charge is -2.30. The summed E-state index contributed by atoms with van der Waals surface area (Å²) in [6, 6.07) is 18.9. The number of ether oxygens (including phenoxy) is 1. The van der Waals surface area contributed by atoms with E-state index in [1.54, 1.807) is 24.1 Å². The third-order valence-corrected chi connectivity index (χ3v) is 5.67. The van der Waals surface area contributed by atoms with Crippen molar-refractivity contribution in [2.24, 2.45) is 0 Å². The summed E-state index contributed by atoms with van der Waals surface area (Å²) in [4.78, 5) is 31.7. The largest absolute Gasteiger partial charge is 0.493 e. The van der Waals surface area contributed by atoms with Crippen molar-refractivity contribution >= 4 is 17.6 Å². The van der Waals surface area contributed by atoms with Crippen molar-refractivity contribution in [3.63, 3.8) is 0 Å². The molecule has 150 valence electrons. The lowest BCUT2D eigenvalue weighted by Crippen LogP contribution is -2.41. The minimum atomic E-state index is -0.438. The molecule has 1 atom stereocenters. The first kappa shape index (κ1) is 18.4. The second-order valence-electron chi connectivity index (χ2n) is 7.64. The third-order valence-electron chi connectivity index (χ3n) is 5.67. The van der Waals surface area contributed by atoms with Gasteiger partial charge >= 0.3 is 0 Å². The van der Waals surface area contributed by atoms with Crippen LogP contribution in [0.25, 0.3) is 11.3 Å². The maximum Gasteiger partial charge on any atom is 0.253 e. The molecule has 1 unspecified atom stereocenters. The van der Waals surface area contributed by atoms with Gasteiger partial charge in [0.15, 0.2) is 0 Å². The molecule has 0 saturated carbocycles. The maximum absolute atomic E-state index is 13.1. The number of fused-ring (bicyclic) bond motifs is 2. The fourth-order valence-corrected chi connectivity index (χ4v) is 4.10. The molecule has 30 heavy (non-hydrogen) atoms. The van der Waals surface area contributed by atoms with E-state index in [4.69, 9.17) is 4.74 Å². The number of nitrogens with zero attached hydrogens (tertiary/aromatic N) is 2. The zero-order valence-electron chi connectivity index (χ0n) is 16.6. The highest BCUT2D eigenvalue weighted by Crippen LogP contribution is 2.31. The molecule has 6 heteroatoms. The van der Waals surface area contributed by atoms with Gasteiger partial charge in [-0.1, -0.05) is 24.3 Å². The molecule has 0 saturated heterocycles. The molecule has 1 N–H and O–H groups in total. The molecule has 5 rings (SSSR count). The number of carbonyl (C=O) groups excluding carboxylic acids is 2. The Balaban J connectivity index is 1.40. The van der Waals surface area contributed by atoms with Crippen molar-refractivity contribution in [1.82, 2.24) is 9.88 Å². The SMILES string of the molecule is CN1CC(C(=O)Nc2cccc(-c3ccc4c(c3)CCO4)n2)c2ccccc2C1=O. The van der Waals surface area contributed by atoms with Gasteiger partial charge in [0.05, 0.1) is 18.2 Å². The molecule has 3 aromatic rings. The van der Waals surface area contributed by atoms with Crippen LogP contribution in [0.5, 0.6) is 5.75 Å². The number of carbonyl (C=O) groups is 2. The Hall–Kier alpha value is -3.67. The number of aromatic nitrogens is 1. The van der Waals surface area contributed by atoms with E-state index in [0.29, 0.717) is 24.5 Å². The van der Waals surface area contributed by atoms with Gasteiger partial charge in [0.25, 0.3) is 5.91 Å². The molecule has 0 radical (unpaired) electrons. The number of likely N-dealkylation sites (N-methyl/N-ethyl adjacent to an activating group) is 1. The van der Waals surface area contributed by atoms with Gasteiger partial charge in [0.2, 0.25) is 5.91 Å². The minimum Gasteiger partial charge on any atom is -0.493 e. The molecular weight excluding hydrogens is 378 g/mol. The Kier molecular flexibility index (Phi) is 4.47. The summed E-state index contributed by atoms with van der Waals surface area (Å²) in [7, 11) is 1.72. The molecule has 0 fully saturated rings. The van der Waals surface area contributed by atoms with Crippen LogP contribution in [0.1, 0.15) is 27.4 Å². The van der Waals surface area contributed by atoms with Crippen LogP contribution in [0, 0.1) is 0 Å². The van der Waals surface area contributed by atoms with Crippen LogP contribution in [0.3, 0.4) is 0 Å². The van der Waals surface area contributed by atoms with E-state index >= 15 is 0 Å². The molecule has 2 aliphatic rings. The minimum absolute atomic E-state index is 0.0599. The van der Waals surface area contributed by atoms with Gasteiger partial charge in [-0.25, -0.2) is 4.98 Å². The fraction of sp³-hybridized carbons (Fsp3) is 0.208. The number of anilines is 1. The smallest absolute Gasteiger partial charge is 0.253 e. The normalized spacial score (nSPS) is 17.2. The van der Waals surface area contributed by atoms with Gasteiger partial charge in [-0.3, -0.25) is 9.59 Å². The Morgan fingerprint density at radius 2 is 2.00 bits per heavy atom. The molecule has 0 spiro atoms. The second-order valence-corrected chi connectivity index (χ2v) is 7.64. The number of rotatable bonds is 3. The number of amides is 2. The van der Waals surface area contributed by atoms with Crippen LogP contribution in [-0.4, -0.2) is 41.9 Å². The molecule has 2 amide bonds. The molecule has 0 aliphatic carbocycles. The lowest BCUT2D eigenvalue weighted by atomic mass is 9.89. The predicted octanol–water partition coefficient (Wildman–Crippen LogP) is 3.49. The van der Waals surface area contributed by atoms with Gasteiger partial charge in [0.1, 0.15) is 11.6 Å². The first-order chi connectivity index (χ1) is 14.6. The maximum atomic E-state index is 13.1. The van der Waals surface area contributed by atoms with Gasteiger partial charge in [0, 0.05) is 31.1 Å². The summed E-state index contributed by atoms with van der Waals surface area (Å²) in [6.07, 6.45) is 0.896.